The van der Waals surface area contributed by atoms with Crippen LogP contribution in [-0.2, 0) is 14.3 Å². The van der Waals surface area contributed by atoms with Crippen LogP contribution >= 0.6 is 0 Å². The van der Waals surface area contributed by atoms with Crippen LogP contribution in [0.2, 0.25) is 0 Å². The number of nitrogens with one attached hydrogen (secondary N) is 2. The summed E-state index contributed by atoms with van der Waals surface area (Å²) in [7, 11) is 0. The molecule has 5 aliphatic rings. The average Bonchev–Trinajstić information content (AvgIpc) is 3.39. The van der Waals surface area contributed by atoms with E-state index in [1.165, 1.54) is 18.4 Å². The molecule has 2 saturated carbocycles. The van der Waals surface area contributed by atoms with Gasteiger partial charge in [-0.2, -0.15) is 13.2 Å². The first-order chi connectivity index (χ1) is 22.8. The van der Waals surface area contributed by atoms with E-state index in [0.717, 1.165) is 64.6 Å². The number of carbonyl (C=O) groups excluding carboxylic acids is 2. The molecule has 0 radical (unpaired) electrons. The van der Waals surface area contributed by atoms with E-state index in [9.17, 15) is 27.9 Å². The van der Waals surface area contributed by atoms with Crippen molar-refractivity contribution in [2.45, 2.75) is 136 Å². The Bertz CT molecular complexity index is 1200. The molecule has 2 heterocycles. The van der Waals surface area contributed by atoms with Crippen LogP contribution in [0.25, 0.3) is 0 Å². The van der Waals surface area contributed by atoms with Crippen LogP contribution < -0.4 is 10.6 Å². The van der Waals surface area contributed by atoms with Gasteiger partial charge in [-0.3, -0.25) is 14.5 Å². The lowest BCUT2D eigenvalue weighted by atomic mass is 9.57. The molecule has 0 spiro atoms. The zero-order valence-corrected chi connectivity index (χ0v) is 29.7. The van der Waals surface area contributed by atoms with Crippen molar-refractivity contribution < 1.29 is 32.6 Å². The third kappa shape index (κ3) is 8.68. The van der Waals surface area contributed by atoms with Crippen LogP contribution in [0, 0.1) is 35.0 Å². The number of rotatable bonds is 9. The molecule has 272 valence electrons. The van der Waals surface area contributed by atoms with Crippen molar-refractivity contribution in [3.8, 4) is 0 Å². The minimum Gasteiger partial charge on any atom is -0.393 e. The van der Waals surface area contributed by atoms with E-state index in [1.807, 2.05) is 5.32 Å². The van der Waals surface area contributed by atoms with Crippen LogP contribution in [0.4, 0.5) is 13.2 Å². The number of unbranched alkanes of at least 4 members (excludes halogenated alkanes) is 2. The van der Waals surface area contributed by atoms with Gasteiger partial charge in [-0.25, -0.2) is 0 Å². The molecule has 0 aromatic rings. The summed E-state index contributed by atoms with van der Waals surface area (Å²) in [6.45, 7) is 12.6. The number of alkyl halides is 3. The molecule has 3 N–H and O–H groups in total. The lowest BCUT2D eigenvalue weighted by Crippen LogP contribution is -2.56. The van der Waals surface area contributed by atoms with Gasteiger partial charge in [0, 0.05) is 45.2 Å². The standard InChI is InChI=1S/C38H60F3N3O4/c1-24-19-33-35(44(23-24)17-16-42-34(46)10-6-5-7-15-43-36(47)38(39,40)41)26(3)20-25(2)31-22-32-30(29(31)9-8-18-48-33)12-11-27-21-28(45)13-14-37(27,32)4/h11,24,26,28-30,32-33,35,45H,5-10,12-23H2,1-4H3,(H,42,46)(H,43,47)/b31-25-/t24-,26-,28-,29-,30-,32-,33+,35-,37-/m0/s1. The van der Waals surface area contributed by atoms with Crippen LogP contribution in [0.1, 0.15) is 111 Å². The third-order valence-electron chi connectivity index (χ3n) is 12.6. The Balaban J connectivity index is 1.17. The molecule has 0 bridgehead atoms. The summed E-state index contributed by atoms with van der Waals surface area (Å²) in [6.07, 6.45) is 9.08. The summed E-state index contributed by atoms with van der Waals surface area (Å²) in [6, 6.07) is 0.284. The third-order valence-corrected chi connectivity index (χ3v) is 12.6. The highest BCUT2D eigenvalue weighted by Crippen LogP contribution is 2.62. The topological polar surface area (TPSA) is 90.9 Å². The minimum absolute atomic E-state index is 0.0452. The summed E-state index contributed by atoms with van der Waals surface area (Å²) < 4.78 is 43.7. The molecule has 0 unspecified atom stereocenters. The Morgan fingerprint density at radius 2 is 1.88 bits per heavy atom. The number of aliphatic hydroxyl groups is 1. The maximum Gasteiger partial charge on any atom is 0.471 e. The van der Waals surface area contributed by atoms with E-state index in [-0.39, 0.29) is 36.1 Å². The zero-order valence-electron chi connectivity index (χ0n) is 29.7. The highest BCUT2D eigenvalue weighted by atomic mass is 19.4. The smallest absolute Gasteiger partial charge is 0.393 e. The highest BCUT2D eigenvalue weighted by molar-refractivity contribution is 5.81. The van der Waals surface area contributed by atoms with E-state index >= 15 is 0 Å². The summed E-state index contributed by atoms with van der Waals surface area (Å²) >= 11 is 0. The van der Waals surface area contributed by atoms with Gasteiger partial charge in [0.1, 0.15) is 0 Å². The first kappa shape index (κ1) is 37.3. The Kier molecular flexibility index (Phi) is 12.4. The SMILES string of the molecule is C/C1=C2\C[C@H]3[C@@H](CC=C4C[C@@H](O)CC[C@@]43C)[C@@H]2CCCO[C@@H]2C[C@H](C)CN(CCNC(=O)CCCCCNC(=O)C(F)(F)F)[C@H]2[C@@H](C)C1. The fourth-order valence-electron chi connectivity index (χ4n) is 10.3. The van der Waals surface area contributed by atoms with E-state index < -0.39 is 12.1 Å². The number of piperidine rings is 1. The lowest BCUT2D eigenvalue weighted by molar-refractivity contribution is -0.173. The molecule has 10 heteroatoms. The number of amides is 2. The second-order valence-electron chi connectivity index (χ2n) is 16.1. The number of likely N-dealkylation sites (tertiary alicyclic amines) is 1. The van der Waals surface area contributed by atoms with Crippen molar-refractivity contribution in [3.05, 3.63) is 22.8 Å². The van der Waals surface area contributed by atoms with Crippen LogP contribution in [0.15, 0.2) is 22.8 Å². The summed E-state index contributed by atoms with van der Waals surface area (Å²) in [5.41, 5.74) is 5.01. The van der Waals surface area contributed by atoms with Crippen molar-refractivity contribution in [2.24, 2.45) is 35.0 Å². The normalized spacial score (nSPS) is 37.6. The predicted molar refractivity (Wildman–Crippen MR) is 181 cm³/mol. The van der Waals surface area contributed by atoms with E-state index in [1.54, 1.807) is 11.1 Å². The number of halogens is 3. The monoisotopic (exact) mass is 679 g/mol. The number of allylic oxidation sites excluding steroid dienone is 3. The van der Waals surface area contributed by atoms with Crippen LogP contribution in [0.3, 0.4) is 0 Å². The quantitative estimate of drug-likeness (QED) is 0.186. The largest absolute Gasteiger partial charge is 0.471 e. The number of carbonyl (C=O) groups is 2. The summed E-state index contributed by atoms with van der Waals surface area (Å²) in [5.74, 6) is 0.936. The molecule has 2 amide bonds. The van der Waals surface area contributed by atoms with E-state index in [2.05, 4.69) is 44.0 Å². The second-order valence-corrected chi connectivity index (χ2v) is 16.1. The van der Waals surface area contributed by atoms with Gasteiger partial charge in [0.15, 0.2) is 0 Å². The van der Waals surface area contributed by atoms with Crippen LogP contribution in [-0.4, -0.2) is 79.0 Å². The molecule has 3 fully saturated rings. The highest BCUT2D eigenvalue weighted by Gasteiger charge is 2.53. The second kappa shape index (κ2) is 16.0. The number of nitrogens with zero attached hydrogens (tertiary/aromatic N) is 1. The number of ether oxygens (including phenoxy) is 1. The number of aliphatic hydroxyl groups excluding tert-OH is 1. The first-order valence-corrected chi connectivity index (χ1v) is 18.8. The van der Waals surface area contributed by atoms with Gasteiger partial charge in [0.2, 0.25) is 5.91 Å². The first-order valence-electron chi connectivity index (χ1n) is 18.8. The summed E-state index contributed by atoms with van der Waals surface area (Å²) in [4.78, 5) is 26.0. The van der Waals surface area contributed by atoms with Crippen molar-refractivity contribution >= 4 is 11.8 Å². The van der Waals surface area contributed by atoms with E-state index in [4.69, 9.17) is 4.74 Å². The van der Waals surface area contributed by atoms with Gasteiger partial charge in [-0.05, 0) is 113 Å². The Morgan fingerprint density at radius 1 is 1.08 bits per heavy atom. The van der Waals surface area contributed by atoms with Crippen molar-refractivity contribution in [3.63, 3.8) is 0 Å². The summed E-state index contributed by atoms with van der Waals surface area (Å²) in [5, 5.41) is 15.4. The molecular formula is C38H60F3N3O4. The molecule has 3 aliphatic carbocycles. The maximum absolute atomic E-state index is 12.6. The van der Waals surface area contributed by atoms with Gasteiger partial charge in [0.25, 0.3) is 0 Å². The number of hydrogen-bond donors (Lipinski definition) is 3. The van der Waals surface area contributed by atoms with Crippen molar-refractivity contribution in [1.29, 1.82) is 0 Å². The molecule has 48 heavy (non-hydrogen) atoms. The fourth-order valence-corrected chi connectivity index (χ4v) is 10.3. The van der Waals surface area contributed by atoms with Crippen molar-refractivity contribution in [2.75, 3.05) is 32.8 Å². The number of fused-ring (bicyclic) bond motifs is 6. The van der Waals surface area contributed by atoms with E-state index in [0.29, 0.717) is 61.8 Å². The zero-order chi connectivity index (χ0) is 34.6. The van der Waals surface area contributed by atoms with Gasteiger partial charge in [0.05, 0.1) is 12.2 Å². The molecule has 9 atom stereocenters. The molecular weight excluding hydrogens is 619 g/mol. The predicted octanol–water partition coefficient (Wildman–Crippen LogP) is 6.71. The Hall–Kier alpha value is -1.91. The average molecular weight is 680 g/mol. The van der Waals surface area contributed by atoms with Gasteiger partial charge in [-0.15, -0.1) is 0 Å². The lowest BCUT2D eigenvalue weighted by Gasteiger charge is -2.48. The van der Waals surface area contributed by atoms with Gasteiger partial charge < -0.3 is 20.5 Å². The number of hydrogen-bond acceptors (Lipinski definition) is 5. The molecule has 1 saturated heterocycles. The Labute approximate surface area is 285 Å². The minimum atomic E-state index is -4.86. The Morgan fingerprint density at radius 3 is 2.65 bits per heavy atom. The fraction of sp³-hybridized carbons (Fsp3) is 0.842. The molecule has 2 aliphatic heterocycles. The molecule has 7 nitrogen and oxygen atoms in total. The van der Waals surface area contributed by atoms with Crippen molar-refractivity contribution in [1.82, 2.24) is 15.5 Å². The molecule has 0 aromatic heterocycles. The van der Waals surface area contributed by atoms with Crippen LogP contribution in [0.5, 0.6) is 0 Å². The molecule has 0 aromatic carbocycles. The van der Waals surface area contributed by atoms with Gasteiger partial charge >= 0.3 is 12.1 Å². The maximum atomic E-state index is 12.6. The van der Waals surface area contributed by atoms with Gasteiger partial charge in [-0.1, -0.05) is 50.0 Å². The molecule has 5 rings (SSSR count).